The van der Waals surface area contributed by atoms with E-state index in [9.17, 15) is 9.59 Å². The summed E-state index contributed by atoms with van der Waals surface area (Å²) in [4.78, 5) is 36.2. The Bertz CT molecular complexity index is 891. The van der Waals surface area contributed by atoms with E-state index in [-0.39, 0.29) is 18.5 Å². The Hall–Kier alpha value is -2.78. The van der Waals surface area contributed by atoms with Crippen LogP contribution in [0.4, 0.5) is 4.79 Å². The number of pyridine rings is 1. The maximum Gasteiger partial charge on any atom is 0.328 e. The van der Waals surface area contributed by atoms with E-state index in [0.717, 1.165) is 30.8 Å². The number of aromatic nitrogens is 3. The lowest BCUT2D eigenvalue weighted by Gasteiger charge is -2.42. The maximum atomic E-state index is 13.5. The van der Waals surface area contributed by atoms with E-state index in [1.807, 2.05) is 31.6 Å². The number of rotatable bonds is 7. The minimum absolute atomic E-state index is 0.103. The molecule has 0 N–H and O–H groups in total. The number of methoxy groups -OCH3 is 1. The summed E-state index contributed by atoms with van der Waals surface area (Å²) in [6, 6.07) is 3.46. The second-order valence-electron chi connectivity index (χ2n) is 8.01. The number of hydrogen-bond acceptors (Lipinski definition) is 6. The minimum atomic E-state index is -0.788. The van der Waals surface area contributed by atoms with E-state index in [0.29, 0.717) is 26.0 Å². The van der Waals surface area contributed by atoms with Crippen molar-refractivity contribution < 1.29 is 14.3 Å². The lowest BCUT2D eigenvalue weighted by molar-refractivity contribution is -0.136. The average molecular weight is 412 g/mol. The van der Waals surface area contributed by atoms with Crippen LogP contribution >= 0.6 is 0 Å². The van der Waals surface area contributed by atoms with Crippen LogP contribution in [0.15, 0.2) is 36.9 Å². The number of nitrogens with zero attached hydrogens (tertiary/aromatic N) is 6. The Morgan fingerprint density at radius 1 is 1.13 bits per heavy atom. The van der Waals surface area contributed by atoms with Gasteiger partial charge in [-0.25, -0.2) is 4.79 Å². The number of amides is 3. The van der Waals surface area contributed by atoms with Crippen molar-refractivity contribution in [1.29, 1.82) is 0 Å². The summed E-state index contributed by atoms with van der Waals surface area (Å²) in [5, 5.41) is 4.23. The molecular formula is C21H28N6O3. The van der Waals surface area contributed by atoms with Gasteiger partial charge < -0.3 is 9.64 Å². The Kier molecular flexibility index (Phi) is 5.83. The summed E-state index contributed by atoms with van der Waals surface area (Å²) in [6.07, 6.45) is 8.49. The molecule has 9 heteroatoms. The van der Waals surface area contributed by atoms with Gasteiger partial charge in [-0.3, -0.25) is 24.3 Å². The molecule has 1 spiro atoms. The van der Waals surface area contributed by atoms with Gasteiger partial charge in [-0.2, -0.15) is 5.10 Å². The van der Waals surface area contributed by atoms with Gasteiger partial charge in [0.15, 0.2) is 0 Å². The molecule has 3 amide bonds. The number of carbonyl (C=O) groups excluding carboxylic acids is 2. The number of piperidine rings is 1. The van der Waals surface area contributed by atoms with Gasteiger partial charge in [0, 0.05) is 64.5 Å². The predicted octanol–water partition coefficient (Wildman–Crippen LogP) is 1.26. The zero-order valence-electron chi connectivity index (χ0n) is 17.5. The Morgan fingerprint density at radius 2 is 1.93 bits per heavy atom. The monoisotopic (exact) mass is 412 g/mol. The van der Waals surface area contributed by atoms with Crippen LogP contribution in [0.3, 0.4) is 0 Å². The summed E-state index contributed by atoms with van der Waals surface area (Å²) in [5.74, 6) is -0.103. The van der Waals surface area contributed by atoms with Crippen molar-refractivity contribution in [1.82, 2.24) is 29.5 Å². The van der Waals surface area contributed by atoms with Crippen LogP contribution in [0, 0.1) is 0 Å². The first-order valence-electron chi connectivity index (χ1n) is 10.2. The number of imide groups is 1. The topological polar surface area (TPSA) is 83.8 Å². The van der Waals surface area contributed by atoms with Crippen molar-refractivity contribution in [2.75, 3.05) is 33.4 Å². The van der Waals surface area contributed by atoms with E-state index in [2.05, 4.69) is 15.0 Å². The van der Waals surface area contributed by atoms with Crippen molar-refractivity contribution in [3.8, 4) is 0 Å². The summed E-state index contributed by atoms with van der Waals surface area (Å²) < 4.78 is 7.02. The first-order valence-corrected chi connectivity index (χ1v) is 10.2. The van der Waals surface area contributed by atoms with E-state index < -0.39 is 5.54 Å². The van der Waals surface area contributed by atoms with Crippen LogP contribution in [0.25, 0.3) is 0 Å². The predicted molar refractivity (Wildman–Crippen MR) is 109 cm³/mol. The zero-order chi connectivity index (χ0) is 21.1. The van der Waals surface area contributed by atoms with Gasteiger partial charge in [0.1, 0.15) is 5.54 Å². The van der Waals surface area contributed by atoms with Crippen LogP contribution < -0.4 is 0 Å². The second-order valence-corrected chi connectivity index (χ2v) is 8.01. The minimum Gasteiger partial charge on any atom is -0.383 e. The van der Waals surface area contributed by atoms with Gasteiger partial charge in [-0.1, -0.05) is 6.07 Å². The number of ether oxygens (including phenoxy) is 1. The molecule has 0 atom stereocenters. The largest absolute Gasteiger partial charge is 0.383 e. The lowest BCUT2D eigenvalue weighted by Crippen LogP contribution is -2.57. The van der Waals surface area contributed by atoms with E-state index in [1.54, 1.807) is 29.1 Å². The quantitative estimate of drug-likeness (QED) is 0.637. The van der Waals surface area contributed by atoms with Gasteiger partial charge >= 0.3 is 6.03 Å². The standard InChI is InChI=1S/C21H28N6O3/c1-24-14-18(13-23-24)15-25-8-5-21(6-9-25)19(28)26(16-17-4-3-7-22-12-17)20(29)27(21)10-11-30-2/h3-4,7,12-14H,5-6,8-11,15-16H2,1-2H3. The fraction of sp³-hybridized carbons (Fsp3) is 0.524. The Morgan fingerprint density at radius 3 is 2.57 bits per heavy atom. The van der Waals surface area contributed by atoms with Crippen molar-refractivity contribution >= 4 is 11.9 Å². The summed E-state index contributed by atoms with van der Waals surface area (Å²) in [6.45, 7) is 3.35. The molecule has 2 aromatic rings. The summed E-state index contributed by atoms with van der Waals surface area (Å²) in [7, 11) is 3.51. The number of aryl methyl sites for hydroxylation is 1. The van der Waals surface area contributed by atoms with Crippen LogP contribution in [-0.2, 0) is 29.7 Å². The molecule has 160 valence electrons. The van der Waals surface area contributed by atoms with Crippen molar-refractivity contribution in [3.05, 3.63) is 48.0 Å². The number of hydrogen-bond donors (Lipinski definition) is 0. The average Bonchev–Trinajstić information content (AvgIpc) is 3.24. The Labute approximate surface area is 176 Å². The molecule has 0 unspecified atom stereocenters. The van der Waals surface area contributed by atoms with Crippen LogP contribution in [0.2, 0.25) is 0 Å². The molecule has 0 radical (unpaired) electrons. The van der Waals surface area contributed by atoms with Crippen molar-refractivity contribution in [2.45, 2.75) is 31.5 Å². The number of carbonyl (C=O) groups is 2. The molecule has 2 aliphatic heterocycles. The molecule has 9 nitrogen and oxygen atoms in total. The molecule has 30 heavy (non-hydrogen) atoms. The highest BCUT2D eigenvalue weighted by Crippen LogP contribution is 2.38. The molecule has 0 saturated carbocycles. The second kappa shape index (κ2) is 8.53. The van der Waals surface area contributed by atoms with Crippen molar-refractivity contribution in [2.24, 2.45) is 7.05 Å². The smallest absolute Gasteiger partial charge is 0.328 e. The highest BCUT2D eigenvalue weighted by atomic mass is 16.5. The van der Waals surface area contributed by atoms with E-state index in [4.69, 9.17) is 4.74 Å². The first kappa shape index (κ1) is 20.5. The number of urea groups is 1. The maximum absolute atomic E-state index is 13.5. The summed E-state index contributed by atoms with van der Waals surface area (Å²) in [5.41, 5.74) is 1.21. The fourth-order valence-electron chi connectivity index (χ4n) is 4.46. The van der Waals surface area contributed by atoms with Gasteiger partial charge in [-0.05, 0) is 24.5 Å². The Balaban J connectivity index is 1.50. The first-order chi connectivity index (χ1) is 14.5. The fourth-order valence-corrected chi connectivity index (χ4v) is 4.46. The highest BCUT2D eigenvalue weighted by Gasteiger charge is 2.57. The third kappa shape index (κ3) is 3.82. The van der Waals surface area contributed by atoms with Gasteiger partial charge in [0.25, 0.3) is 5.91 Å². The molecular weight excluding hydrogens is 384 g/mol. The van der Waals surface area contributed by atoms with Gasteiger partial charge in [0.05, 0.1) is 19.3 Å². The summed E-state index contributed by atoms with van der Waals surface area (Å²) >= 11 is 0. The van der Waals surface area contributed by atoms with E-state index >= 15 is 0 Å². The molecule has 2 aromatic heterocycles. The van der Waals surface area contributed by atoms with E-state index in [1.165, 1.54) is 4.90 Å². The zero-order valence-corrected chi connectivity index (χ0v) is 17.5. The van der Waals surface area contributed by atoms with Gasteiger partial charge in [-0.15, -0.1) is 0 Å². The number of likely N-dealkylation sites (tertiary alicyclic amines) is 1. The molecule has 0 bridgehead atoms. The molecule has 2 aliphatic rings. The van der Waals surface area contributed by atoms with Crippen LogP contribution in [0.5, 0.6) is 0 Å². The molecule has 0 aliphatic carbocycles. The molecule has 4 heterocycles. The van der Waals surface area contributed by atoms with Crippen LogP contribution in [0.1, 0.15) is 24.0 Å². The van der Waals surface area contributed by atoms with Gasteiger partial charge in [0.2, 0.25) is 0 Å². The molecule has 2 saturated heterocycles. The lowest BCUT2D eigenvalue weighted by atomic mass is 9.85. The molecule has 0 aromatic carbocycles. The molecule has 2 fully saturated rings. The normalized spacial score (nSPS) is 19.3. The SMILES string of the molecule is COCCN1C(=O)N(Cc2cccnc2)C(=O)C12CCN(Cc1cnn(C)c1)CC2. The molecule has 4 rings (SSSR count). The van der Waals surface area contributed by atoms with Crippen molar-refractivity contribution in [3.63, 3.8) is 0 Å². The third-order valence-corrected chi connectivity index (χ3v) is 6.05. The third-order valence-electron chi connectivity index (χ3n) is 6.05. The highest BCUT2D eigenvalue weighted by molar-refractivity contribution is 6.07. The van der Waals surface area contributed by atoms with Crippen LogP contribution in [-0.4, -0.2) is 80.3 Å².